The van der Waals surface area contributed by atoms with Crippen LogP contribution in [0.5, 0.6) is 23.0 Å². The zero-order chi connectivity index (χ0) is 30.2. The van der Waals surface area contributed by atoms with Crippen LogP contribution in [0.25, 0.3) is 11.1 Å². The van der Waals surface area contributed by atoms with E-state index < -0.39 is 12.1 Å². The molecule has 0 aromatic heterocycles. The number of allylic oxidation sites excluding steroid dienone is 1. The maximum Gasteiger partial charge on any atom is 0.343 e. The van der Waals surface area contributed by atoms with Crippen LogP contribution in [-0.2, 0) is 0 Å². The molecule has 1 aliphatic heterocycles. The predicted octanol–water partition coefficient (Wildman–Crippen LogP) is 6.70. The normalized spacial score (nSPS) is 13.4. The zero-order valence-corrected chi connectivity index (χ0v) is 24.8. The molecule has 0 amide bonds. The number of rotatable bonds is 12. The molecule has 222 valence electrons. The van der Waals surface area contributed by atoms with Crippen molar-refractivity contribution in [1.29, 1.82) is 0 Å². The van der Waals surface area contributed by atoms with Gasteiger partial charge in [-0.25, -0.2) is 4.79 Å². The third-order valence-electron chi connectivity index (χ3n) is 7.39. The van der Waals surface area contributed by atoms with Crippen LogP contribution in [0.2, 0.25) is 0 Å². The molecule has 4 aromatic carbocycles. The Morgan fingerprint density at radius 1 is 0.814 bits per heavy atom. The molecule has 1 N–H and O–H groups in total. The monoisotopic (exact) mass is 579 g/mol. The van der Waals surface area contributed by atoms with Gasteiger partial charge in [-0.05, 0) is 96.4 Å². The number of likely N-dealkylation sites (N-methyl/N-ethyl adjacent to an activating group) is 1. The van der Waals surface area contributed by atoms with Gasteiger partial charge in [0.25, 0.3) is 0 Å². The lowest BCUT2D eigenvalue weighted by Crippen LogP contribution is -2.32. The van der Waals surface area contributed by atoms with Crippen molar-refractivity contribution in [3.05, 3.63) is 119 Å². The molecule has 0 saturated heterocycles. The highest BCUT2D eigenvalue weighted by molar-refractivity contribution is 5.99. The number of hydrogen-bond donors (Lipinski definition) is 1. The first-order chi connectivity index (χ1) is 20.9. The van der Waals surface area contributed by atoms with Gasteiger partial charge in [0.05, 0.1) is 5.56 Å². The number of ether oxygens (including phenoxy) is 4. The van der Waals surface area contributed by atoms with Crippen LogP contribution < -0.4 is 18.9 Å². The summed E-state index contributed by atoms with van der Waals surface area (Å²) in [4.78, 5) is 14.6. The number of aliphatic hydroxyl groups is 1. The first-order valence-electron chi connectivity index (χ1n) is 14.6. The van der Waals surface area contributed by atoms with Crippen molar-refractivity contribution in [3.63, 3.8) is 0 Å². The van der Waals surface area contributed by atoms with Crippen molar-refractivity contribution in [3.8, 4) is 23.0 Å². The van der Waals surface area contributed by atoms with Gasteiger partial charge in [0.1, 0.15) is 24.2 Å². The average molecular weight is 580 g/mol. The molecule has 0 fully saturated rings. The van der Waals surface area contributed by atoms with Crippen molar-refractivity contribution in [2.24, 2.45) is 0 Å². The minimum Gasteiger partial charge on any atom is -0.491 e. The summed E-state index contributed by atoms with van der Waals surface area (Å²) in [6, 6.07) is 30.4. The molecule has 5 rings (SSSR count). The summed E-state index contributed by atoms with van der Waals surface area (Å²) in [5.41, 5.74) is 5.67. The maximum absolute atomic E-state index is 12.6. The van der Waals surface area contributed by atoms with Gasteiger partial charge in [-0.3, -0.25) is 0 Å². The van der Waals surface area contributed by atoms with E-state index in [1.807, 2.05) is 90.8 Å². The fraction of sp³-hybridized carbons (Fsp3) is 0.250. The topological polar surface area (TPSA) is 77.5 Å². The second-order valence-corrected chi connectivity index (χ2v) is 10.4. The number of hydrogen-bond acceptors (Lipinski definition) is 7. The van der Waals surface area contributed by atoms with Crippen LogP contribution >= 0.6 is 0 Å². The Bertz CT molecular complexity index is 1550. The second-order valence-electron chi connectivity index (χ2n) is 10.4. The lowest BCUT2D eigenvalue weighted by molar-refractivity contribution is 0.0734. The van der Waals surface area contributed by atoms with Crippen LogP contribution in [0.1, 0.15) is 47.3 Å². The van der Waals surface area contributed by atoms with E-state index in [1.165, 1.54) is 0 Å². The fourth-order valence-corrected chi connectivity index (χ4v) is 5.01. The molecule has 7 heteroatoms. The maximum atomic E-state index is 12.6. The molecule has 1 unspecified atom stereocenters. The molecule has 0 aliphatic carbocycles. The van der Waals surface area contributed by atoms with E-state index in [1.54, 1.807) is 12.1 Å². The molecular weight excluding hydrogens is 542 g/mol. The molecule has 0 radical (unpaired) electrons. The predicted molar refractivity (Wildman–Crippen MR) is 168 cm³/mol. The van der Waals surface area contributed by atoms with E-state index in [4.69, 9.17) is 18.9 Å². The van der Waals surface area contributed by atoms with Crippen molar-refractivity contribution >= 4 is 17.1 Å². The number of carbonyl (C=O) groups excluding carboxylic acids is 1. The highest BCUT2D eigenvalue weighted by Gasteiger charge is 2.19. The Labute approximate surface area is 252 Å². The zero-order valence-electron chi connectivity index (χ0n) is 24.8. The smallest absolute Gasteiger partial charge is 0.343 e. The Hall–Kier alpha value is -4.59. The summed E-state index contributed by atoms with van der Waals surface area (Å²) < 4.78 is 22.7. The van der Waals surface area contributed by atoms with E-state index in [9.17, 15) is 9.90 Å². The SMILES string of the molecule is CCC(=C(c1ccc(OCC(O)CN(C)CC)cc1)c1ccc(OC(=O)c2ccccc2)cc1)c1ccc2c(c1)OCO2. The Morgan fingerprint density at radius 3 is 2.09 bits per heavy atom. The second kappa shape index (κ2) is 14.1. The van der Waals surface area contributed by atoms with E-state index in [0.717, 1.165) is 52.3 Å². The number of nitrogens with zero attached hydrogens (tertiary/aromatic N) is 1. The number of benzene rings is 4. The van der Waals surface area contributed by atoms with Gasteiger partial charge in [0.2, 0.25) is 6.79 Å². The largest absolute Gasteiger partial charge is 0.491 e. The fourth-order valence-electron chi connectivity index (χ4n) is 5.01. The van der Waals surface area contributed by atoms with Gasteiger partial charge < -0.3 is 29.0 Å². The summed E-state index contributed by atoms with van der Waals surface area (Å²) in [6.07, 6.45) is 0.182. The van der Waals surface area contributed by atoms with Crippen LogP contribution in [0, 0.1) is 0 Å². The molecular formula is C36H37NO6. The lowest BCUT2D eigenvalue weighted by Gasteiger charge is -2.19. The first kappa shape index (κ1) is 29.9. The molecule has 1 atom stereocenters. The average Bonchev–Trinajstić information content (AvgIpc) is 3.52. The summed E-state index contributed by atoms with van der Waals surface area (Å²) in [5, 5.41) is 10.3. The quantitative estimate of drug-likeness (QED) is 0.114. The van der Waals surface area contributed by atoms with E-state index in [0.29, 0.717) is 23.6 Å². The Balaban J connectivity index is 1.45. The summed E-state index contributed by atoms with van der Waals surface area (Å²) in [5.74, 6) is 2.21. The summed E-state index contributed by atoms with van der Waals surface area (Å²) in [7, 11) is 1.97. The summed E-state index contributed by atoms with van der Waals surface area (Å²) >= 11 is 0. The molecule has 1 aliphatic rings. The highest BCUT2D eigenvalue weighted by Crippen LogP contribution is 2.40. The molecule has 0 spiro atoms. The standard InChI is InChI=1S/C36H37NO6/c1-4-32(28-15-20-33-34(21-28)42-24-41-33)35(25-11-16-30(17-12-25)40-23-29(38)22-37(3)5-2)26-13-18-31(19-14-26)43-36(39)27-9-7-6-8-10-27/h6-21,29,38H,4-5,22-24H2,1-3H3. The van der Waals surface area contributed by atoms with Gasteiger partial charge in [-0.15, -0.1) is 0 Å². The number of esters is 1. The number of aliphatic hydroxyl groups excluding tert-OH is 1. The third-order valence-corrected chi connectivity index (χ3v) is 7.39. The van der Waals surface area contributed by atoms with E-state index in [-0.39, 0.29) is 13.4 Å². The Morgan fingerprint density at radius 2 is 1.44 bits per heavy atom. The van der Waals surface area contributed by atoms with Gasteiger partial charge in [0, 0.05) is 6.54 Å². The van der Waals surface area contributed by atoms with Gasteiger partial charge in [-0.1, -0.05) is 62.4 Å². The number of fused-ring (bicyclic) bond motifs is 1. The molecule has 0 bridgehead atoms. The highest BCUT2D eigenvalue weighted by atomic mass is 16.7. The minimum atomic E-state index is -0.577. The van der Waals surface area contributed by atoms with E-state index >= 15 is 0 Å². The molecule has 4 aromatic rings. The van der Waals surface area contributed by atoms with Gasteiger partial charge in [0.15, 0.2) is 11.5 Å². The Kier molecular flexibility index (Phi) is 9.77. The van der Waals surface area contributed by atoms with Crippen molar-refractivity contribution < 1.29 is 28.8 Å². The molecule has 43 heavy (non-hydrogen) atoms. The molecule has 0 saturated carbocycles. The minimum absolute atomic E-state index is 0.213. The van der Waals surface area contributed by atoms with Crippen LogP contribution in [-0.4, -0.2) is 55.6 Å². The van der Waals surface area contributed by atoms with Gasteiger partial charge >= 0.3 is 5.97 Å². The van der Waals surface area contributed by atoms with E-state index in [2.05, 4.69) is 19.9 Å². The van der Waals surface area contributed by atoms with Crippen LogP contribution in [0.4, 0.5) is 0 Å². The van der Waals surface area contributed by atoms with Crippen molar-refractivity contribution in [2.75, 3.05) is 33.5 Å². The number of carbonyl (C=O) groups is 1. The van der Waals surface area contributed by atoms with Crippen LogP contribution in [0.15, 0.2) is 97.1 Å². The van der Waals surface area contributed by atoms with Gasteiger partial charge in [-0.2, -0.15) is 0 Å². The van der Waals surface area contributed by atoms with Crippen molar-refractivity contribution in [1.82, 2.24) is 4.90 Å². The molecule has 1 heterocycles. The summed E-state index contributed by atoms with van der Waals surface area (Å²) in [6.45, 7) is 6.02. The lowest BCUT2D eigenvalue weighted by atomic mass is 9.88. The molecule has 7 nitrogen and oxygen atoms in total. The van der Waals surface area contributed by atoms with Crippen molar-refractivity contribution in [2.45, 2.75) is 26.4 Å². The van der Waals surface area contributed by atoms with Crippen LogP contribution in [0.3, 0.4) is 0 Å². The first-order valence-corrected chi connectivity index (χ1v) is 14.6. The third kappa shape index (κ3) is 7.44.